The molecule has 0 saturated carbocycles. The van der Waals surface area contributed by atoms with E-state index >= 15 is 0 Å². The van der Waals surface area contributed by atoms with Crippen molar-refractivity contribution in [3.8, 4) is 17.6 Å². The van der Waals surface area contributed by atoms with E-state index in [9.17, 15) is 10.1 Å². The predicted octanol–water partition coefficient (Wildman–Crippen LogP) is 5.62. The maximum absolute atomic E-state index is 12.3. The van der Waals surface area contributed by atoms with Crippen molar-refractivity contribution in [1.82, 2.24) is 5.32 Å². The van der Waals surface area contributed by atoms with Crippen molar-refractivity contribution in [2.75, 3.05) is 7.11 Å². The zero-order valence-electron chi connectivity index (χ0n) is 16.5. The Kier molecular flexibility index (Phi) is 8.74. The molecule has 0 aliphatic rings. The van der Waals surface area contributed by atoms with E-state index in [-0.39, 0.29) is 11.6 Å². The lowest BCUT2D eigenvalue weighted by atomic mass is 10.1. The Labute approximate surface area is 188 Å². The number of methoxy groups -OCH3 is 1. The highest BCUT2D eigenvalue weighted by molar-refractivity contribution is 9.10. The smallest absolute Gasteiger partial charge is 0.262 e. The van der Waals surface area contributed by atoms with E-state index in [0.717, 1.165) is 16.5 Å². The summed E-state index contributed by atoms with van der Waals surface area (Å²) < 4.78 is 13.1. The monoisotopic (exact) mass is 520 g/mol. The van der Waals surface area contributed by atoms with Crippen LogP contribution < -0.4 is 14.8 Å². The van der Waals surface area contributed by atoms with E-state index in [1.807, 2.05) is 44.2 Å². The van der Waals surface area contributed by atoms with Gasteiger partial charge in [0, 0.05) is 10.5 Å². The van der Waals surface area contributed by atoms with Crippen LogP contribution in [0.2, 0.25) is 0 Å². The maximum atomic E-state index is 12.3. The zero-order valence-corrected chi connectivity index (χ0v) is 19.6. The minimum absolute atomic E-state index is 0.00471. The van der Waals surface area contributed by atoms with Gasteiger partial charge in [0.1, 0.15) is 18.2 Å². The molecule has 2 rings (SSSR count). The highest BCUT2D eigenvalue weighted by Crippen LogP contribution is 2.37. The summed E-state index contributed by atoms with van der Waals surface area (Å²) in [5, 5.41) is 12.2. The molecule has 0 bridgehead atoms. The van der Waals surface area contributed by atoms with Crippen LogP contribution in [0.25, 0.3) is 6.08 Å². The highest BCUT2D eigenvalue weighted by Gasteiger charge is 2.15. The summed E-state index contributed by atoms with van der Waals surface area (Å²) in [5.74, 6) is 0.657. The van der Waals surface area contributed by atoms with Crippen LogP contribution in [-0.4, -0.2) is 19.1 Å². The van der Waals surface area contributed by atoms with Gasteiger partial charge in [-0.25, -0.2) is 0 Å². The summed E-state index contributed by atoms with van der Waals surface area (Å²) in [7, 11) is 1.54. The molecule has 0 saturated heterocycles. The fraction of sp³-hybridized carbons (Fsp3) is 0.273. The number of nitrogens with zero attached hydrogens (tertiary/aromatic N) is 1. The van der Waals surface area contributed by atoms with Crippen molar-refractivity contribution in [1.29, 1.82) is 5.26 Å². The van der Waals surface area contributed by atoms with Crippen molar-refractivity contribution in [2.45, 2.75) is 32.9 Å². The molecule has 1 amide bonds. The lowest BCUT2D eigenvalue weighted by Crippen LogP contribution is -2.32. The summed E-state index contributed by atoms with van der Waals surface area (Å²) in [6, 6.07) is 13.3. The minimum atomic E-state index is -0.396. The second kappa shape index (κ2) is 11.0. The average Bonchev–Trinajstić information content (AvgIpc) is 2.71. The van der Waals surface area contributed by atoms with Crippen LogP contribution >= 0.6 is 31.9 Å². The third-order valence-corrected chi connectivity index (χ3v) is 5.33. The first-order valence-corrected chi connectivity index (χ1v) is 10.6. The number of ether oxygens (including phenoxy) is 2. The van der Waals surface area contributed by atoms with Crippen LogP contribution in [0.3, 0.4) is 0 Å². The van der Waals surface area contributed by atoms with Crippen LogP contribution in [0.15, 0.2) is 50.9 Å². The van der Waals surface area contributed by atoms with Gasteiger partial charge >= 0.3 is 0 Å². The van der Waals surface area contributed by atoms with Gasteiger partial charge in [0.15, 0.2) is 11.5 Å². The number of halogens is 2. The van der Waals surface area contributed by atoms with Gasteiger partial charge in [0.05, 0.1) is 11.6 Å². The summed E-state index contributed by atoms with van der Waals surface area (Å²) in [4.78, 5) is 12.3. The number of nitrogens with one attached hydrogen (secondary N) is 1. The molecule has 1 atom stereocenters. The van der Waals surface area contributed by atoms with E-state index in [4.69, 9.17) is 9.47 Å². The molecule has 0 aliphatic carbocycles. The van der Waals surface area contributed by atoms with E-state index < -0.39 is 5.91 Å². The van der Waals surface area contributed by atoms with Gasteiger partial charge in [-0.2, -0.15) is 5.26 Å². The molecule has 2 aromatic carbocycles. The Bertz CT molecular complexity index is 934. The number of amides is 1. The Balaban J connectivity index is 2.25. The molecular formula is C22H22Br2N2O3. The minimum Gasteiger partial charge on any atom is -0.493 e. The van der Waals surface area contributed by atoms with Crippen LogP contribution in [0.1, 0.15) is 31.4 Å². The van der Waals surface area contributed by atoms with Crippen LogP contribution in [0, 0.1) is 11.3 Å². The van der Waals surface area contributed by atoms with Gasteiger partial charge in [-0.05, 0) is 70.7 Å². The predicted molar refractivity (Wildman–Crippen MR) is 121 cm³/mol. The second-order valence-corrected chi connectivity index (χ2v) is 8.17. The van der Waals surface area contributed by atoms with Crippen LogP contribution in [-0.2, 0) is 11.4 Å². The second-order valence-electron chi connectivity index (χ2n) is 6.40. The quantitative estimate of drug-likeness (QED) is 0.361. The average molecular weight is 522 g/mol. The van der Waals surface area contributed by atoms with Crippen molar-refractivity contribution in [3.05, 3.63) is 62.0 Å². The van der Waals surface area contributed by atoms with E-state index in [2.05, 4.69) is 37.2 Å². The number of nitriles is 1. The number of carbonyl (C=O) groups is 1. The number of benzene rings is 2. The summed E-state index contributed by atoms with van der Waals surface area (Å²) >= 11 is 6.91. The Morgan fingerprint density at radius 2 is 1.97 bits per heavy atom. The van der Waals surface area contributed by atoms with Gasteiger partial charge in [0.25, 0.3) is 5.91 Å². The molecule has 0 aromatic heterocycles. The van der Waals surface area contributed by atoms with Gasteiger partial charge in [-0.1, -0.05) is 35.0 Å². The fourth-order valence-electron chi connectivity index (χ4n) is 2.42. The molecule has 29 heavy (non-hydrogen) atoms. The number of hydrogen-bond acceptors (Lipinski definition) is 4. The normalized spacial score (nSPS) is 12.1. The number of carbonyl (C=O) groups excluding carboxylic acids is 1. The molecule has 0 radical (unpaired) electrons. The zero-order chi connectivity index (χ0) is 21.4. The Morgan fingerprint density at radius 3 is 2.55 bits per heavy atom. The topological polar surface area (TPSA) is 71.4 Å². The third kappa shape index (κ3) is 6.62. The van der Waals surface area contributed by atoms with Crippen molar-refractivity contribution >= 4 is 43.8 Å². The lowest BCUT2D eigenvalue weighted by molar-refractivity contribution is -0.117. The molecule has 0 spiro atoms. The molecule has 5 nitrogen and oxygen atoms in total. The van der Waals surface area contributed by atoms with Gasteiger partial charge < -0.3 is 14.8 Å². The van der Waals surface area contributed by atoms with Crippen molar-refractivity contribution in [2.24, 2.45) is 0 Å². The van der Waals surface area contributed by atoms with E-state index in [1.165, 1.54) is 6.08 Å². The molecular weight excluding hydrogens is 500 g/mol. The fourth-order valence-corrected chi connectivity index (χ4v) is 3.26. The summed E-state index contributed by atoms with van der Waals surface area (Å²) in [5.41, 5.74) is 1.70. The largest absolute Gasteiger partial charge is 0.493 e. The van der Waals surface area contributed by atoms with E-state index in [0.29, 0.717) is 28.1 Å². The van der Waals surface area contributed by atoms with Gasteiger partial charge in [-0.15, -0.1) is 0 Å². The van der Waals surface area contributed by atoms with Gasteiger partial charge in [-0.3, -0.25) is 4.79 Å². The molecule has 0 unspecified atom stereocenters. The van der Waals surface area contributed by atoms with Crippen molar-refractivity contribution < 1.29 is 14.3 Å². The maximum Gasteiger partial charge on any atom is 0.262 e. The first-order chi connectivity index (χ1) is 13.9. The first kappa shape index (κ1) is 23.0. The summed E-state index contributed by atoms with van der Waals surface area (Å²) in [6.45, 7) is 4.23. The van der Waals surface area contributed by atoms with Gasteiger partial charge in [0.2, 0.25) is 0 Å². The van der Waals surface area contributed by atoms with Crippen LogP contribution in [0.5, 0.6) is 11.5 Å². The number of hydrogen-bond donors (Lipinski definition) is 1. The highest BCUT2D eigenvalue weighted by atomic mass is 79.9. The van der Waals surface area contributed by atoms with E-state index in [1.54, 1.807) is 19.2 Å². The molecule has 2 aromatic rings. The number of rotatable bonds is 8. The molecule has 0 aliphatic heterocycles. The molecule has 7 heteroatoms. The molecule has 0 heterocycles. The molecule has 152 valence electrons. The first-order valence-electron chi connectivity index (χ1n) is 9.05. The SMILES string of the molecule is CC[C@@H](C)NC(=O)/C(C#N)=C/c1cc(Br)c(OCc2ccc(Br)cc2)c(OC)c1. The van der Waals surface area contributed by atoms with Crippen molar-refractivity contribution in [3.63, 3.8) is 0 Å². The Hall–Kier alpha value is -2.30. The molecule has 0 fully saturated rings. The molecule has 1 N–H and O–H groups in total. The lowest BCUT2D eigenvalue weighted by Gasteiger charge is -2.14. The standard InChI is InChI=1S/C22H22Br2N2O3/c1-4-14(2)26-22(27)17(12-25)9-16-10-19(24)21(20(11-16)28-3)29-13-15-5-7-18(23)8-6-15/h5-11,14H,4,13H2,1-3H3,(H,26,27)/b17-9+/t14-/m1/s1. The Morgan fingerprint density at radius 1 is 1.28 bits per heavy atom. The third-order valence-electron chi connectivity index (χ3n) is 4.21. The van der Waals surface area contributed by atoms with Crippen LogP contribution in [0.4, 0.5) is 0 Å². The summed E-state index contributed by atoms with van der Waals surface area (Å²) in [6.07, 6.45) is 2.32.